The summed E-state index contributed by atoms with van der Waals surface area (Å²) in [7, 11) is 0. The molecule has 0 amide bonds. The van der Waals surface area contributed by atoms with Gasteiger partial charge in [-0.2, -0.15) is 0 Å². The second kappa shape index (κ2) is 7.60. The molecular weight excluding hydrogens is 329 g/mol. The number of rotatable bonds is 6. The van der Waals surface area contributed by atoms with Crippen molar-refractivity contribution in [2.24, 2.45) is 0 Å². The highest BCUT2D eigenvalue weighted by molar-refractivity contribution is 9.10. The summed E-state index contributed by atoms with van der Waals surface area (Å²) in [4.78, 5) is 0. The molecule has 112 valence electrons. The van der Waals surface area contributed by atoms with Gasteiger partial charge < -0.3 is 5.32 Å². The maximum absolute atomic E-state index is 13.1. The summed E-state index contributed by atoms with van der Waals surface area (Å²) in [6.07, 6.45) is 3.33. The molecular formula is C18H21BrFN. The second-order valence-electron chi connectivity index (χ2n) is 5.30. The first kappa shape index (κ1) is 16.0. The minimum atomic E-state index is -0.188. The molecule has 0 saturated heterocycles. The van der Waals surface area contributed by atoms with Gasteiger partial charge in [0.05, 0.1) is 6.04 Å². The van der Waals surface area contributed by atoms with E-state index in [-0.39, 0.29) is 11.9 Å². The fraction of sp³-hybridized carbons (Fsp3) is 0.333. The van der Waals surface area contributed by atoms with E-state index in [9.17, 15) is 4.39 Å². The van der Waals surface area contributed by atoms with Gasteiger partial charge in [-0.25, -0.2) is 4.39 Å². The van der Waals surface area contributed by atoms with E-state index in [2.05, 4.69) is 41.2 Å². The van der Waals surface area contributed by atoms with Crippen molar-refractivity contribution < 1.29 is 4.39 Å². The maximum Gasteiger partial charge on any atom is 0.123 e. The number of hydrogen-bond donors (Lipinski definition) is 1. The van der Waals surface area contributed by atoms with Gasteiger partial charge in [-0.05, 0) is 48.7 Å². The van der Waals surface area contributed by atoms with E-state index in [0.29, 0.717) is 0 Å². The van der Waals surface area contributed by atoms with Crippen molar-refractivity contribution in [2.45, 2.75) is 39.2 Å². The van der Waals surface area contributed by atoms with Crippen LogP contribution in [0.1, 0.15) is 43.4 Å². The van der Waals surface area contributed by atoms with Gasteiger partial charge in [0.2, 0.25) is 0 Å². The molecule has 0 fully saturated rings. The lowest BCUT2D eigenvalue weighted by molar-refractivity contribution is 0.616. The molecule has 0 bridgehead atoms. The largest absolute Gasteiger partial charge is 0.378 e. The van der Waals surface area contributed by atoms with Crippen molar-refractivity contribution in [3.05, 3.63) is 63.9 Å². The third-order valence-corrected chi connectivity index (χ3v) is 4.58. The molecule has 2 aromatic rings. The average molecular weight is 350 g/mol. The third kappa shape index (κ3) is 4.31. The van der Waals surface area contributed by atoms with Crippen LogP contribution < -0.4 is 5.32 Å². The highest BCUT2D eigenvalue weighted by Crippen LogP contribution is 2.29. The third-order valence-electron chi connectivity index (χ3n) is 3.72. The molecule has 0 aliphatic carbocycles. The molecule has 21 heavy (non-hydrogen) atoms. The van der Waals surface area contributed by atoms with Gasteiger partial charge in [0, 0.05) is 10.2 Å². The average Bonchev–Trinajstić information content (AvgIpc) is 2.49. The standard InChI is InChI=1S/C18H21BrFN/c1-3-4-7-18(14-9-11-15(20)12-10-14)21-17-8-5-6-16(19)13(17)2/h5-6,8-12,18,21H,3-4,7H2,1-2H3. The summed E-state index contributed by atoms with van der Waals surface area (Å²) in [6, 6.07) is 13.2. The van der Waals surface area contributed by atoms with Crippen LogP contribution in [0.15, 0.2) is 46.9 Å². The topological polar surface area (TPSA) is 12.0 Å². The first-order chi connectivity index (χ1) is 10.1. The lowest BCUT2D eigenvalue weighted by Crippen LogP contribution is -2.12. The quantitative estimate of drug-likeness (QED) is 0.650. The zero-order chi connectivity index (χ0) is 15.2. The number of unbranched alkanes of at least 4 members (excludes halogenated alkanes) is 1. The summed E-state index contributed by atoms with van der Waals surface area (Å²) >= 11 is 3.56. The van der Waals surface area contributed by atoms with Gasteiger partial charge in [-0.15, -0.1) is 0 Å². The van der Waals surface area contributed by atoms with Gasteiger partial charge in [-0.3, -0.25) is 0 Å². The minimum absolute atomic E-state index is 0.188. The van der Waals surface area contributed by atoms with Gasteiger partial charge in [0.15, 0.2) is 0 Å². The normalized spacial score (nSPS) is 12.2. The number of benzene rings is 2. The van der Waals surface area contributed by atoms with Crippen molar-refractivity contribution in [1.82, 2.24) is 0 Å². The van der Waals surface area contributed by atoms with Crippen LogP contribution in [-0.4, -0.2) is 0 Å². The summed E-state index contributed by atoms with van der Waals surface area (Å²) in [6.45, 7) is 4.28. The molecule has 1 unspecified atom stereocenters. The van der Waals surface area contributed by atoms with Crippen LogP contribution in [0.3, 0.4) is 0 Å². The Hall–Kier alpha value is -1.35. The van der Waals surface area contributed by atoms with Crippen molar-refractivity contribution >= 4 is 21.6 Å². The zero-order valence-corrected chi connectivity index (χ0v) is 14.1. The predicted octanol–water partition coefficient (Wildman–Crippen LogP) is 6.24. The Morgan fingerprint density at radius 2 is 1.86 bits per heavy atom. The maximum atomic E-state index is 13.1. The monoisotopic (exact) mass is 349 g/mol. The Morgan fingerprint density at radius 3 is 2.52 bits per heavy atom. The molecule has 1 nitrogen and oxygen atoms in total. The van der Waals surface area contributed by atoms with Crippen LogP contribution in [0, 0.1) is 12.7 Å². The molecule has 2 rings (SSSR count). The summed E-state index contributed by atoms with van der Waals surface area (Å²) in [5.41, 5.74) is 3.44. The van der Waals surface area contributed by atoms with Crippen LogP contribution >= 0.6 is 15.9 Å². The molecule has 0 aromatic heterocycles. The first-order valence-corrected chi connectivity index (χ1v) is 8.18. The molecule has 2 aromatic carbocycles. The Kier molecular flexibility index (Phi) is 5.80. The number of halogens is 2. The van der Waals surface area contributed by atoms with Crippen LogP contribution in [-0.2, 0) is 0 Å². The Balaban J connectivity index is 2.23. The van der Waals surface area contributed by atoms with Crippen LogP contribution in [0.2, 0.25) is 0 Å². The predicted molar refractivity (Wildman–Crippen MR) is 91.2 cm³/mol. The number of nitrogens with one attached hydrogen (secondary N) is 1. The van der Waals surface area contributed by atoms with E-state index in [1.54, 1.807) is 0 Å². The molecule has 1 atom stereocenters. The van der Waals surface area contributed by atoms with Crippen LogP contribution in [0.4, 0.5) is 10.1 Å². The van der Waals surface area contributed by atoms with E-state index in [4.69, 9.17) is 0 Å². The summed E-state index contributed by atoms with van der Waals surface area (Å²) in [5, 5.41) is 3.61. The van der Waals surface area contributed by atoms with Crippen LogP contribution in [0.5, 0.6) is 0 Å². The molecule has 0 heterocycles. The van der Waals surface area contributed by atoms with Gasteiger partial charge >= 0.3 is 0 Å². The summed E-state index contributed by atoms with van der Waals surface area (Å²) in [5.74, 6) is -0.188. The van der Waals surface area contributed by atoms with E-state index in [0.717, 1.165) is 35.0 Å². The second-order valence-corrected chi connectivity index (χ2v) is 6.16. The van der Waals surface area contributed by atoms with Crippen molar-refractivity contribution in [3.63, 3.8) is 0 Å². The van der Waals surface area contributed by atoms with Crippen molar-refractivity contribution in [3.8, 4) is 0 Å². The minimum Gasteiger partial charge on any atom is -0.378 e. The first-order valence-electron chi connectivity index (χ1n) is 7.39. The fourth-order valence-corrected chi connectivity index (χ4v) is 2.74. The van der Waals surface area contributed by atoms with E-state index < -0.39 is 0 Å². The van der Waals surface area contributed by atoms with E-state index in [1.165, 1.54) is 17.7 Å². The summed E-state index contributed by atoms with van der Waals surface area (Å²) < 4.78 is 14.2. The molecule has 1 N–H and O–H groups in total. The lowest BCUT2D eigenvalue weighted by atomic mass is 10.00. The number of anilines is 1. The van der Waals surface area contributed by atoms with Crippen LogP contribution in [0.25, 0.3) is 0 Å². The molecule has 0 aliphatic heterocycles. The Labute approximate surface area is 134 Å². The fourth-order valence-electron chi connectivity index (χ4n) is 2.38. The highest BCUT2D eigenvalue weighted by atomic mass is 79.9. The van der Waals surface area contributed by atoms with Crippen molar-refractivity contribution in [2.75, 3.05) is 5.32 Å². The van der Waals surface area contributed by atoms with Gasteiger partial charge in [0.1, 0.15) is 5.82 Å². The lowest BCUT2D eigenvalue weighted by Gasteiger charge is -2.22. The molecule has 0 aliphatic rings. The van der Waals surface area contributed by atoms with Crippen molar-refractivity contribution in [1.29, 1.82) is 0 Å². The van der Waals surface area contributed by atoms with E-state index in [1.807, 2.05) is 24.3 Å². The zero-order valence-electron chi connectivity index (χ0n) is 12.5. The Bertz CT molecular complexity index is 580. The SMILES string of the molecule is CCCCC(Nc1cccc(Br)c1C)c1ccc(F)cc1. The smallest absolute Gasteiger partial charge is 0.123 e. The van der Waals surface area contributed by atoms with E-state index >= 15 is 0 Å². The number of hydrogen-bond acceptors (Lipinski definition) is 1. The van der Waals surface area contributed by atoms with Gasteiger partial charge in [-0.1, -0.05) is 53.9 Å². The molecule has 0 saturated carbocycles. The highest BCUT2D eigenvalue weighted by Gasteiger charge is 2.13. The molecule has 3 heteroatoms. The van der Waals surface area contributed by atoms with Gasteiger partial charge in [0.25, 0.3) is 0 Å². The Morgan fingerprint density at radius 1 is 1.14 bits per heavy atom. The molecule has 0 radical (unpaired) electrons. The molecule has 0 spiro atoms.